The number of halogens is 6. The number of carbonyl (C=O) groups is 1. The van der Waals surface area contributed by atoms with Crippen LogP contribution >= 0.6 is 22.9 Å². The Morgan fingerprint density at radius 2 is 1.84 bits per heavy atom. The molecular weight excluding hydrogens is 567 g/mol. The summed E-state index contributed by atoms with van der Waals surface area (Å²) in [6.45, 7) is 0.578. The lowest BCUT2D eigenvalue weighted by Gasteiger charge is -2.17. The number of rotatable bonds is 8. The maximum Gasteiger partial charge on any atom is 0.490 e. The number of benzene rings is 2. The Morgan fingerprint density at radius 1 is 1.19 bits per heavy atom. The fraction of sp³-hybridized carbons (Fsp3) is 0.238. The van der Waals surface area contributed by atoms with Gasteiger partial charge in [0, 0.05) is 24.0 Å². The molecule has 1 aromatic heterocycles. The number of thiazole rings is 1. The molecule has 0 amide bonds. The topological polar surface area (TPSA) is 112 Å². The Kier molecular flexibility index (Phi) is 10.2. The van der Waals surface area contributed by atoms with Crippen molar-refractivity contribution in [2.45, 2.75) is 24.2 Å². The summed E-state index contributed by atoms with van der Waals surface area (Å²) in [4.78, 5) is 14.0. The van der Waals surface area contributed by atoms with Crippen molar-refractivity contribution in [3.05, 3.63) is 69.0 Å². The second-order valence-corrected chi connectivity index (χ2v) is 10.3. The molecule has 3 N–H and O–H groups in total. The molecule has 2 aromatic carbocycles. The lowest BCUT2D eigenvalue weighted by Crippen LogP contribution is -2.21. The molecule has 0 bridgehead atoms. The van der Waals surface area contributed by atoms with E-state index >= 15 is 0 Å². The van der Waals surface area contributed by atoms with Crippen molar-refractivity contribution < 1.29 is 40.3 Å². The molecule has 3 rings (SSSR count). The summed E-state index contributed by atoms with van der Waals surface area (Å²) < 4.78 is 87.7. The van der Waals surface area contributed by atoms with Gasteiger partial charge in [-0.1, -0.05) is 23.7 Å². The van der Waals surface area contributed by atoms with Crippen LogP contribution in [0.1, 0.15) is 11.1 Å². The van der Waals surface area contributed by atoms with Crippen LogP contribution in [-0.2, 0) is 27.9 Å². The molecule has 16 heteroatoms. The lowest BCUT2D eigenvalue weighted by atomic mass is 10.1. The van der Waals surface area contributed by atoms with Crippen molar-refractivity contribution >= 4 is 50.4 Å². The monoisotopic (exact) mass is 586 g/mol. The molecular formula is C21H20ClF5N4O4S2. The molecule has 0 atom stereocenters. The molecule has 3 aromatic rings. The van der Waals surface area contributed by atoms with E-state index in [1.165, 1.54) is 28.3 Å². The van der Waals surface area contributed by atoms with Crippen LogP contribution in [0.25, 0.3) is 0 Å². The van der Waals surface area contributed by atoms with Crippen LogP contribution in [0, 0.1) is 11.6 Å². The highest BCUT2D eigenvalue weighted by molar-refractivity contribution is 7.92. The minimum absolute atomic E-state index is 0.0134. The van der Waals surface area contributed by atoms with Crippen molar-refractivity contribution in [3.8, 4) is 0 Å². The lowest BCUT2D eigenvalue weighted by molar-refractivity contribution is -0.192. The minimum Gasteiger partial charge on any atom is -0.475 e. The average Bonchev–Trinajstić information content (AvgIpc) is 3.27. The highest BCUT2D eigenvalue weighted by atomic mass is 35.5. The van der Waals surface area contributed by atoms with Crippen LogP contribution in [0.2, 0.25) is 5.02 Å². The Hall–Kier alpha value is -3.01. The first-order chi connectivity index (χ1) is 17.1. The summed E-state index contributed by atoms with van der Waals surface area (Å²) in [5.74, 6) is -4.06. The van der Waals surface area contributed by atoms with Crippen LogP contribution in [0.3, 0.4) is 0 Å². The quantitative estimate of drug-likeness (QED) is 0.312. The molecule has 0 aliphatic rings. The van der Waals surface area contributed by atoms with Crippen molar-refractivity contribution in [1.82, 2.24) is 9.88 Å². The van der Waals surface area contributed by atoms with Crippen LogP contribution in [-0.4, -0.2) is 49.6 Å². The van der Waals surface area contributed by atoms with Crippen molar-refractivity contribution in [1.29, 1.82) is 0 Å². The number of carboxylic acids is 1. The highest BCUT2D eigenvalue weighted by Crippen LogP contribution is 2.30. The van der Waals surface area contributed by atoms with Gasteiger partial charge in [0.15, 0.2) is 5.82 Å². The van der Waals surface area contributed by atoms with E-state index in [9.17, 15) is 30.4 Å². The van der Waals surface area contributed by atoms with Gasteiger partial charge in [-0.05, 0) is 37.9 Å². The summed E-state index contributed by atoms with van der Waals surface area (Å²) >= 11 is 7.38. The first kappa shape index (κ1) is 30.2. The Labute approximate surface area is 217 Å². The fourth-order valence-corrected chi connectivity index (χ4v) is 4.74. The van der Waals surface area contributed by atoms with Gasteiger partial charge in [0.25, 0.3) is 10.0 Å². The second-order valence-electron chi connectivity index (χ2n) is 7.51. The molecule has 202 valence electrons. The summed E-state index contributed by atoms with van der Waals surface area (Å²) in [7, 11) is -0.469. The second kappa shape index (κ2) is 12.5. The number of hydrogen-bond donors (Lipinski definition) is 3. The van der Waals surface area contributed by atoms with Gasteiger partial charge >= 0.3 is 12.1 Å². The zero-order valence-corrected chi connectivity index (χ0v) is 21.5. The van der Waals surface area contributed by atoms with E-state index in [0.717, 1.165) is 17.7 Å². The number of nitrogens with one attached hydrogen (secondary N) is 2. The van der Waals surface area contributed by atoms with Gasteiger partial charge in [-0.3, -0.25) is 4.72 Å². The van der Waals surface area contributed by atoms with Crippen molar-refractivity contribution in [3.63, 3.8) is 0 Å². The number of aromatic nitrogens is 1. The fourth-order valence-electron chi connectivity index (χ4n) is 2.80. The van der Waals surface area contributed by atoms with E-state index in [0.29, 0.717) is 12.1 Å². The standard InChI is InChI=1S/C19H19ClF2N4O2S2.C2HF3O2/c1-26(2)9-12-4-3-5-15(21)13(12)8-23-17-7-16(22)18(6-14(17)20)30(27,28)25-19-10-29-11-24-19;3-2(4,5)1(6)7/h3-7,10-11,23,25H,8-9H2,1-2H3;(H,6,7). The van der Waals surface area contributed by atoms with E-state index in [4.69, 9.17) is 21.5 Å². The summed E-state index contributed by atoms with van der Waals surface area (Å²) in [5, 5.41) is 11.5. The van der Waals surface area contributed by atoms with Crippen LogP contribution in [0.5, 0.6) is 0 Å². The van der Waals surface area contributed by atoms with E-state index in [1.807, 2.05) is 25.1 Å². The van der Waals surface area contributed by atoms with Crippen LogP contribution < -0.4 is 10.0 Å². The van der Waals surface area contributed by atoms with Gasteiger partial charge in [0.1, 0.15) is 16.5 Å². The van der Waals surface area contributed by atoms with Crippen molar-refractivity contribution in [2.75, 3.05) is 24.1 Å². The first-order valence-electron chi connectivity index (χ1n) is 9.97. The number of sulfonamides is 1. The summed E-state index contributed by atoms with van der Waals surface area (Å²) in [6, 6.07) is 6.76. The van der Waals surface area contributed by atoms with E-state index in [2.05, 4.69) is 15.0 Å². The smallest absolute Gasteiger partial charge is 0.475 e. The Bertz CT molecular complexity index is 1340. The Balaban J connectivity index is 0.000000604. The zero-order valence-electron chi connectivity index (χ0n) is 19.1. The molecule has 0 unspecified atom stereocenters. The van der Waals surface area contributed by atoms with Gasteiger partial charge in [0.05, 0.1) is 16.2 Å². The molecule has 0 aliphatic heterocycles. The molecule has 0 aliphatic carbocycles. The maximum absolute atomic E-state index is 14.6. The van der Waals surface area contributed by atoms with Gasteiger partial charge in [-0.15, -0.1) is 11.3 Å². The number of aliphatic carboxylic acids is 1. The minimum atomic E-state index is -5.08. The highest BCUT2D eigenvalue weighted by Gasteiger charge is 2.38. The molecule has 0 saturated heterocycles. The molecule has 0 saturated carbocycles. The largest absolute Gasteiger partial charge is 0.490 e. The predicted molar refractivity (Wildman–Crippen MR) is 129 cm³/mol. The average molecular weight is 587 g/mol. The third-order valence-corrected chi connectivity index (χ3v) is 6.65. The molecule has 0 spiro atoms. The molecule has 1 heterocycles. The third-order valence-electron chi connectivity index (χ3n) is 4.38. The Morgan fingerprint density at radius 3 is 2.38 bits per heavy atom. The molecule has 37 heavy (non-hydrogen) atoms. The van der Waals surface area contributed by atoms with Gasteiger partial charge < -0.3 is 15.3 Å². The number of hydrogen-bond acceptors (Lipinski definition) is 7. The van der Waals surface area contributed by atoms with Gasteiger partial charge in [-0.25, -0.2) is 27.0 Å². The molecule has 8 nitrogen and oxygen atoms in total. The maximum atomic E-state index is 14.6. The first-order valence-corrected chi connectivity index (χ1v) is 12.8. The summed E-state index contributed by atoms with van der Waals surface area (Å²) in [5.41, 5.74) is 2.79. The summed E-state index contributed by atoms with van der Waals surface area (Å²) in [6.07, 6.45) is -5.08. The van der Waals surface area contributed by atoms with E-state index in [-0.39, 0.29) is 23.1 Å². The van der Waals surface area contributed by atoms with Crippen molar-refractivity contribution in [2.24, 2.45) is 0 Å². The number of nitrogens with zero attached hydrogens (tertiary/aromatic N) is 2. The molecule has 0 radical (unpaired) electrons. The normalized spacial score (nSPS) is 11.6. The molecule has 0 fully saturated rings. The SMILES string of the molecule is CN(C)Cc1cccc(F)c1CNc1cc(F)c(S(=O)(=O)Nc2cscn2)cc1Cl.O=C(O)C(F)(F)F. The van der Waals surface area contributed by atoms with Crippen LogP contribution in [0.4, 0.5) is 33.5 Å². The third kappa shape index (κ3) is 8.80. The number of anilines is 2. The van der Waals surface area contributed by atoms with E-state index < -0.39 is 38.7 Å². The van der Waals surface area contributed by atoms with E-state index in [1.54, 1.807) is 6.07 Å². The zero-order chi connectivity index (χ0) is 28.0. The van der Waals surface area contributed by atoms with Gasteiger partial charge in [-0.2, -0.15) is 13.2 Å². The number of alkyl halides is 3. The predicted octanol–water partition coefficient (Wildman–Crippen LogP) is 5.18. The van der Waals surface area contributed by atoms with Gasteiger partial charge in [0.2, 0.25) is 0 Å². The van der Waals surface area contributed by atoms with Crippen LogP contribution in [0.15, 0.2) is 46.1 Å². The number of carboxylic acid groups (broad SMARTS) is 1.